The lowest BCUT2D eigenvalue weighted by molar-refractivity contribution is -0.119. The number of benzene rings is 1. The summed E-state index contributed by atoms with van der Waals surface area (Å²) in [7, 11) is 0. The van der Waals surface area contributed by atoms with Crippen LogP contribution in [0.3, 0.4) is 0 Å². The zero-order valence-electron chi connectivity index (χ0n) is 12.3. The van der Waals surface area contributed by atoms with Gasteiger partial charge >= 0.3 is 0 Å². The van der Waals surface area contributed by atoms with E-state index in [0.717, 1.165) is 16.9 Å². The fourth-order valence-electron chi connectivity index (χ4n) is 1.82. The van der Waals surface area contributed by atoms with E-state index in [-0.39, 0.29) is 18.4 Å². The summed E-state index contributed by atoms with van der Waals surface area (Å²) >= 11 is 0. The first-order chi connectivity index (χ1) is 10.6. The quantitative estimate of drug-likeness (QED) is 0.759. The summed E-state index contributed by atoms with van der Waals surface area (Å²) < 4.78 is 0. The number of nitrogens with zero attached hydrogens (tertiary/aromatic N) is 1. The van der Waals surface area contributed by atoms with Crippen LogP contribution in [-0.4, -0.2) is 23.3 Å². The van der Waals surface area contributed by atoms with Crippen molar-refractivity contribution in [3.63, 3.8) is 0 Å². The highest BCUT2D eigenvalue weighted by Crippen LogP contribution is 2.13. The fourth-order valence-corrected chi connectivity index (χ4v) is 1.82. The van der Waals surface area contributed by atoms with Gasteiger partial charge in [-0.2, -0.15) is 0 Å². The van der Waals surface area contributed by atoms with Gasteiger partial charge in [-0.1, -0.05) is 0 Å². The number of pyridine rings is 1. The van der Waals surface area contributed by atoms with Gasteiger partial charge in [-0.3, -0.25) is 14.6 Å². The van der Waals surface area contributed by atoms with Crippen LogP contribution < -0.4 is 16.0 Å². The molecule has 0 fully saturated rings. The van der Waals surface area contributed by atoms with E-state index < -0.39 is 0 Å². The molecule has 3 N–H and O–H groups in total. The van der Waals surface area contributed by atoms with Crippen molar-refractivity contribution in [1.82, 2.24) is 10.3 Å². The van der Waals surface area contributed by atoms with Crippen molar-refractivity contribution in [1.29, 1.82) is 0 Å². The van der Waals surface area contributed by atoms with Crippen molar-refractivity contribution in [2.24, 2.45) is 0 Å². The molecule has 0 saturated heterocycles. The Hall–Kier alpha value is -2.89. The molecular weight excluding hydrogens is 280 g/mol. The van der Waals surface area contributed by atoms with Crippen LogP contribution in [0.4, 0.5) is 11.4 Å². The number of nitrogens with one attached hydrogen (secondary N) is 3. The molecule has 0 radical (unpaired) electrons. The van der Waals surface area contributed by atoms with E-state index in [9.17, 15) is 9.59 Å². The molecule has 2 rings (SSSR count). The highest BCUT2D eigenvalue weighted by atomic mass is 16.2. The minimum Gasteiger partial charge on any atom is -0.376 e. The fraction of sp³-hybridized carbons (Fsp3) is 0.188. The van der Waals surface area contributed by atoms with E-state index in [1.165, 1.54) is 6.92 Å². The van der Waals surface area contributed by atoms with Gasteiger partial charge in [-0.15, -0.1) is 0 Å². The Bertz CT molecular complexity index is 626. The molecule has 0 spiro atoms. The molecule has 0 aliphatic carbocycles. The third-order valence-corrected chi connectivity index (χ3v) is 2.90. The van der Waals surface area contributed by atoms with E-state index in [2.05, 4.69) is 20.9 Å². The number of hydrogen-bond acceptors (Lipinski definition) is 4. The molecule has 0 saturated carbocycles. The number of carbonyl (C=O) groups excluding carboxylic acids is 2. The molecule has 6 nitrogen and oxygen atoms in total. The Morgan fingerprint density at radius 2 is 1.64 bits per heavy atom. The lowest BCUT2D eigenvalue weighted by atomic mass is 10.2. The van der Waals surface area contributed by atoms with Crippen LogP contribution in [-0.2, 0) is 16.1 Å². The van der Waals surface area contributed by atoms with Crippen LogP contribution in [0.2, 0.25) is 0 Å². The molecule has 0 atom stereocenters. The summed E-state index contributed by atoms with van der Waals surface area (Å²) in [6.45, 7) is 2.12. The highest BCUT2D eigenvalue weighted by molar-refractivity contribution is 5.88. The summed E-state index contributed by atoms with van der Waals surface area (Å²) in [6, 6.07) is 10.9. The van der Waals surface area contributed by atoms with Gasteiger partial charge in [0.25, 0.3) is 0 Å². The molecule has 0 aliphatic heterocycles. The first-order valence-corrected chi connectivity index (χ1v) is 6.90. The van der Waals surface area contributed by atoms with Crippen molar-refractivity contribution in [3.05, 3.63) is 54.4 Å². The SMILES string of the molecule is CC(=O)Nc1ccc(NCC(=O)NCc2ccncc2)cc1. The van der Waals surface area contributed by atoms with E-state index in [0.29, 0.717) is 6.54 Å². The maximum Gasteiger partial charge on any atom is 0.239 e. The second-order valence-electron chi connectivity index (χ2n) is 4.74. The van der Waals surface area contributed by atoms with Crippen LogP contribution in [0.25, 0.3) is 0 Å². The molecule has 2 aromatic rings. The number of rotatable bonds is 6. The van der Waals surface area contributed by atoms with E-state index in [1.54, 1.807) is 36.7 Å². The zero-order chi connectivity index (χ0) is 15.8. The van der Waals surface area contributed by atoms with Crippen molar-refractivity contribution in [2.45, 2.75) is 13.5 Å². The van der Waals surface area contributed by atoms with Gasteiger partial charge in [0.2, 0.25) is 11.8 Å². The third kappa shape index (κ3) is 5.24. The van der Waals surface area contributed by atoms with Gasteiger partial charge in [-0.25, -0.2) is 0 Å². The monoisotopic (exact) mass is 298 g/mol. The minimum absolute atomic E-state index is 0.0947. The average Bonchev–Trinajstić information content (AvgIpc) is 2.53. The Kier molecular flexibility index (Phi) is 5.48. The number of anilines is 2. The summed E-state index contributed by atoms with van der Waals surface area (Å²) in [6.07, 6.45) is 3.38. The minimum atomic E-state index is -0.115. The second kappa shape index (κ2) is 7.78. The number of carbonyl (C=O) groups is 2. The van der Waals surface area contributed by atoms with Crippen LogP contribution in [0.1, 0.15) is 12.5 Å². The van der Waals surface area contributed by atoms with Crippen molar-refractivity contribution in [2.75, 3.05) is 17.2 Å². The number of amides is 2. The van der Waals surface area contributed by atoms with Crippen molar-refractivity contribution >= 4 is 23.2 Å². The summed E-state index contributed by atoms with van der Waals surface area (Å²) in [4.78, 5) is 26.6. The average molecular weight is 298 g/mol. The molecule has 1 aromatic carbocycles. The number of hydrogen-bond donors (Lipinski definition) is 3. The Morgan fingerprint density at radius 1 is 1.00 bits per heavy atom. The second-order valence-corrected chi connectivity index (χ2v) is 4.74. The van der Waals surface area contributed by atoms with Crippen LogP contribution in [0.15, 0.2) is 48.8 Å². The summed E-state index contributed by atoms with van der Waals surface area (Å²) in [5, 5.41) is 8.53. The molecular formula is C16H18N4O2. The van der Waals surface area contributed by atoms with Crippen LogP contribution in [0.5, 0.6) is 0 Å². The summed E-state index contributed by atoms with van der Waals surface area (Å²) in [5.74, 6) is -0.209. The standard InChI is InChI=1S/C16H18N4O2/c1-12(21)20-15-4-2-14(3-5-15)18-11-16(22)19-10-13-6-8-17-9-7-13/h2-9,18H,10-11H2,1H3,(H,19,22)(H,20,21). The molecule has 1 aromatic heterocycles. The van der Waals surface area contributed by atoms with Gasteiger partial charge in [0.15, 0.2) is 0 Å². The summed E-state index contributed by atoms with van der Waals surface area (Å²) in [5.41, 5.74) is 2.54. The largest absolute Gasteiger partial charge is 0.376 e. The molecule has 0 unspecified atom stereocenters. The lowest BCUT2D eigenvalue weighted by Crippen LogP contribution is -2.29. The molecule has 114 valence electrons. The zero-order valence-corrected chi connectivity index (χ0v) is 12.3. The molecule has 22 heavy (non-hydrogen) atoms. The van der Waals surface area contributed by atoms with Gasteiger partial charge in [0.1, 0.15) is 0 Å². The van der Waals surface area contributed by atoms with Crippen molar-refractivity contribution < 1.29 is 9.59 Å². The predicted octanol–water partition coefficient (Wildman–Crippen LogP) is 1.77. The Balaban J connectivity index is 1.75. The lowest BCUT2D eigenvalue weighted by Gasteiger charge is -2.09. The smallest absolute Gasteiger partial charge is 0.239 e. The molecule has 1 heterocycles. The first-order valence-electron chi connectivity index (χ1n) is 6.90. The maximum absolute atomic E-state index is 11.8. The topological polar surface area (TPSA) is 83.1 Å². The molecule has 0 aliphatic rings. The van der Waals surface area contributed by atoms with Gasteiger partial charge in [0, 0.05) is 37.2 Å². The first kappa shape index (κ1) is 15.5. The van der Waals surface area contributed by atoms with Crippen LogP contribution in [0, 0.1) is 0 Å². The Morgan fingerprint density at radius 3 is 2.27 bits per heavy atom. The molecule has 0 bridgehead atoms. The van der Waals surface area contributed by atoms with E-state index in [4.69, 9.17) is 0 Å². The predicted molar refractivity (Wildman–Crippen MR) is 85.3 cm³/mol. The van der Waals surface area contributed by atoms with Crippen LogP contribution >= 0.6 is 0 Å². The third-order valence-electron chi connectivity index (χ3n) is 2.90. The Labute approximate surface area is 129 Å². The number of aromatic nitrogens is 1. The highest BCUT2D eigenvalue weighted by Gasteiger charge is 2.02. The van der Waals surface area contributed by atoms with E-state index >= 15 is 0 Å². The maximum atomic E-state index is 11.8. The normalized spacial score (nSPS) is 9.86. The van der Waals surface area contributed by atoms with Gasteiger partial charge < -0.3 is 16.0 Å². The van der Waals surface area contributed by atoms with Gasteiger partial charge in [-0.05, 0) is 42.0 Å². The van der Waals surface area contributed by atoms with Crippen molar-refractivity contribution in [3.8, 4) is 0 Å². The molecule has 6 heteroatoms. The molecule has 2 amide bonds. The van der Waals surface area contributed by atoms with E-state index in [1.807, 2.05) is 12.1 Å². The van der Waals surface area contributed by atoms with Gasteiger partial charge in [0.05, 0.1) is 6.54 Å².